The predicted molar refractivity (Wildman–Crippen MR) is 80.0 cm³/mol. The van der Waals surface area contributed by atoms with Gasteiger partial charge in [-0.3, -0.25) is 19.7 Å². The van der Waals surface area contributed by atoms with Gasteiger partial charge in [-0.2, -0.15) is 0 Å². The van der Waals surface area contributed by atoms with Crippen LogP contribution in [0, 0.1) is 10.1 Å². The number of esters is 2. The Kier molecular flexibility index (Phi) is 3.85. The van der Waals surface area contributed by atoms with E-state index in [0.717, 1.165) is 4.90 Å². The molecule has 2 aliphatic heterocycles. The molecule has 2 heterocycles. The lowest BCUT2D eigenvalue weighted by molar-refractivity contribution is -0.385. The highest BCUT2D eigenvalue weighted by Gasteiger charge is 2.54. The van der Waals surface area contributed by atoms with Crippen molar-refractivity contribution in [1.82, 2.24) is 4.90 Å². The van der Waals surface area contributed by atoms with Crippen LogP contribution in [0.15, 0.2) is 23.3 Å². The summed E-state index contributed by atoms with van der Waals surface area (Å²) in [7, 11) is 0. The van der Waals surface area contributed by atoms with E-state index in [1.807, 2.05) is 0 Å². The molecular weight excluding hydrogens is 334 g/mol. The standard InChI is InChI=1S/C14H11N5O6/c15-17-16-7-14(5-4-11(20)25-13(14)22)18-6-9-8(12(18)21)2-1-3-10(9)19(23)24/h1-3H,4-7H2. The number of carbonyl (C=O) groups excluding carboxylic acids is 3. The minimum Gasteiger partial charge on any atom is -0.391 e. The van der Waals surface area contributed by atoms with E-state index in [1.54, 1.807) is 0 Å². The van der Waals surface area contributed by atoms with Crippen molar-refractivity contribution < 1.29 is 24.0 Å². The molecule has 1 amide bonds. The van der Waals surface area contributed by atoms with Gasteiger partial charge in [-0.1, -0.05) is 11.2 Å². The van der Waals surface area contributed by atoms with Crippen molar-refractivity contribution in [3.05, 3.63) is 49.9 Å². The minimum absolute atomic E-state index is 0.0861. The lowest BCUT2D eigenvalue weighted by atomic mass is 9.89. The second-order valence-electron chi connectivity index (χ2n) is 5.63. The first-order chi connectivity index (χ1) is 11.9. The summed E-state index contributed by atoms with van der Waals surface area (Å²) in [4.78, 5) is 50.7. The Hall–Kier alpha value is -3.46. The Morgan fingerprint density at radius 2 is 2.16 bits per heavy atom. The molecule has 11 nitrogen and oxygen atoms in total. The first-order valence-corrected chi connectivity index (χ1v) is 7.25. The summed E-state index contributed by atoms with van der Waals surface area (Å²) in [6, 6.07) is 4.06. The molecule has 11 heteroatoms. The van der Waals surface area contributed by atoms with Gasteiger partial charge >= 0.3 is 11.9 Å². The molecule has 1 aromatic rings. The van der Waals surface area contributed by atoms with Crippen LogP contribution >= 0.6 is 0 Å². The Morgan fingerprint density at radius 3 is 2.80 bits per heavy atom. The van der Waals surface area contributed by atoms with Gasteiger partial charge in [0, 0.05) is 17.4 Å². The van der Waals surface area contributed by atoms with Crippen LogP contribution in [0.3, 0.4) is 0 Å². The number of azide groups is 1. The zero-order valence-electron chi connectivity index (χ0n) is 12.7. The van der Waals surface area contributed by atoms with Crippen molar-refractivity contribution in [2.75, 3.05) is 6.54 Å². The number of hydrogen-bond donors (Lipinski definition) is 0. The van der Waals surface area contributed by atoms with Gasteiger partial charge in [0.15, 0.2) is 0 Å². The zero-order chi connectivity index (χ0) is 18.2. The Bertz CT molecular complexity index is 861. The number of rotatable bonds is 4. The van der Waals surface area contributed by atoms with Crippen molar-refractivity contribution in [1.29, 1.82) is 0 Å². The summed E-state index contributed by atoms with van der Waals surface area (Å²) in [6.45, 7) is -0.640. The monoisotopic (exact) mass is 345 g/mol. The van der Waals surface area contributed by atoms with Crippen molar-refractivity contribution in [3.63, 3.8) is 0 Å². The molecule has 1 unspecified atom stereocenters. The molecular formula is C14H11N5O6. The van der Waals surface area contributed by atoms with Crippen LogP contribution in [0.25, 0.3) is 10.4 Å². The SMILES string of the molecule is [N-]=[N+]=NCC1(N2Cc3c(cccc3[N+](=O)[O-])C2=O)CCC(=O)OC1=O. The van der Waals surface area contributed by atoms with Gasteiger partial charge in [-0.05, 0) is 18.0 Å². The second kappa shape index (κ2) is 5.87. The molecule has 0 spiro atoms. The fourth-order valence-corrected chi connectivity index (χ4v) is 3.12. The van der Waals surface area contributed by atoms with Crippen molar-refractivity contribution in [2.24, 2.45) is 5.11 Å². The van der Waals surface area contributed by atoms with Gasteiger partial charge < -0.3 is 9.64 Å². The average molecular weight is 345 g/mol. The number of nitro groups is 1. The normalized spacial score (nSPS) is 22.2. The average Bonchev–Trinajstić information content (AvgIpc) is 2.92. The number of cyclic esters (lactones) is 2. The second-order valence-corrected chi connectivity index (χ2v) is 5.63. The van der Waals surface area contributed by atoms with E-state index >= 15 is 0 Å². The molecule has 1 saturated heterocycles. The van der Waals surface area contributed by atoms with Gasteiger partial charge in [0.05, 0.1) is 29.1 Å². The number of carbonyl (C=O) groups is 3. The van der Waals surface area contributed by atoms with Crippen LogP contribution < -0.4 is 0 Å². The summed E-state index contributed by atoms with van der Waals surface area (Å²) < 4.78 is 4.65. The first-order valence-electron chi connectivity index (χ1n) is 7.25. The van der Waals surface area contributed by atoms with Crippen LogP contribution in [0.2, 0.25) is 0 Å². The number of hydrogen-bond acceptors (Lipinski definition) is 7. The third-order valence-electron chi connectivity index (χ3n) is 4.38. The summed E-state index contributed by atoms with van der Waals surface area (Å²) >= 11 is 0. The van der Waals surface area contributed by atoms with E-state index in [2.05, 4.69) is 14.8 Å². The van der Waals surface area contributed by atoms with E-state index in [9.17, 15) is 24.5 Å². The summed E-state index contributed by atoms with van der Waals surface area (Å²) in [6.07, 6.45) is -0.230. The summed E-state index contributed by atoms with van der Waals surface area (Å²) in [5.41, 5.74) is 6.96. The lowest BCUT2D eigenvalue weighted by Crippen LogP contribution is -2.60. The lowest BCUT2D eigenvalue weighted by Gasteiger charge is -2.40. The van der Waals surface area contributed by atoms with Crippen LogP contribution in [0.1, 0.15) is 28.8 Å². The number of amides is 1. The smallest absolute Gasteiger partial charge is 0.339 e. The third-order valence-corrected chi connectivity index (χ3v) is 4.38. The van der Waals surface area contributed by atoms with Crippen LogP contribution in [0.4, 0.5) is 5.69 Å². The minimum atomic E-state index is -1.66. The van der Waals surface area contributed by atoms with E-state index in [1.165, 1.54) is 18.2 Å². The van der Waals surface area contributed by atoms with Crippen molar-refractivity contribution in [2.45, 2.75) is 24.9 Å². The Balaban J connectivity index is 2.07. The third kappa shape index (κ3) is 2.46. The maximum absolute atomic E-state index is 12.7. The highest BCUT2D eigenvalue weighted by molar-refractivity contribution is 6.04. The Morgan fingerprint density at radius 1 is 1.40 bits per heavy atom. The largest absolute Gasteiger partial charge is 0.391 e. The molecule has 0 saturated carbocycles. The maximum atomic E-state index is 12.7. The summed E-state index contributed by atoms with van der Waals surface area (Å²) in [5.74, 6) is -2.35. The van der Waals surface area contributed by atoms with Gasteiger partial charge in [0.25, 0.3) is 11.6 Å². The number of fused-ring (bicyclic) bond motifs is 1. The molecule has 0 N–H and O–H groups in total. The molecule has 1 aromatic carbocycles. The quantitative estimate of drug-likeness (QED) is 0.153. The first kappa shape index (κ1) is 16.4. The number of nitro benzene ring substituents is 1. The Labute approximate surface area is 139 Å². The van der Waals surface area contributed by atoms with Crippen LogP contribution in [-0.2, 0) is 20.9 Å². The molecule has 2 aliphatic rings. The molecule has 0 aliphatic carbocycles. The number of ether oxygens (including phenoxy) is 1. The predicted octanol–water partition coefficient (Wildman–Crippen LogP) is 1.46. The van der Waals surface area contributed by atoms with E-state index < -0.39 is 34.9 Å². The van der Waals surface area contributed by atoms with E-state index in [-0.39, 0.29) is 36.2 Å². The van der Waals surface area contributed by atoms with Gasteiger partial charge in [-0.25, -0.2) is 4.79 Å². The van der Waals surface area contributed by atoms with Crippen LogP contribution in [-0.4, -0.2) is 39.8 Å². The maximum Gasteiger partial charge on any atom is 0.339 e. The molecule has 0 radical (unpaired) electrons. The molecule has 25 heavy (non-hydrogen) atoms. The topological polar surface area (TPSA) is 156 Å². The molecule has 1 atom stereocenters. The zero-order valence-corrected chi connectivity index (χ0v) is 12.7. The molecule has 1 fully saturated rings. The van der Waals surface area contributed by atoms with Gasteiger partial charge in [0.1, 0.15) is 5.54 Å². The highest BCUT2D eigenvalue weighted by Crippen LogP contribution is 2.38. The molecule has 128 valence electrons. The van der Waals surface area contributed by atoms with E-state index in [0.29, 0.717) is 0 Å². The fraction of sp³-hybridized carbons (Fsp3) is 0.357. The molecule has 0 aromatic heterocycles. The van der Waals surface area contributed by atoms with Crippen molar-refractivity contribution in [3.8, 4) is 0 Å². The fourth-order valence-electron chi connectivity index (χ4n) is 3.12. The van der Waals surface area contributed by atoms with Crippen molar-refractivity contribution >= 4 is 23.5 Å². The summed E-state index contributed by atoms with van der Waals surface area (Å²) in [5, 5.41) is 14.6. The van der Waals surface area contributed by atoms with Gasteiger partial charge in [0.2, 0.25) is 0 Å². The molecule has 0 bridgehead atoms. The van der Waals surface area contributed by atoms with E-state index in [4.69, 9.17) is 5.53 Å². The molecule has 3 rings (SSSR count). The number of benzene rings is 1. The number of nitrogens with zero attached hydrogens (tertiary/aromatic N) is 5. The van der Waals surface area contributed by atoms with Gasteiger partial charge in [-0.15, -0.1) is 0 Å². The highest BCUT2D eigenvalue weighted by atomic mass is 16.6. The van der Waals surface area contributed by atoms with Crippen LogP contribution in [0.5, 0.6) is 0 Å².